The number of carbonyl (C=O) groups excluding carboxylic acids is 3. The molecule has 23 heteroatoms. The first-order valence-corrected chi connectivity index (χ1v) is 30.0. The van der Waals surface area contributed by atoms with Crippen LogP contribution in [0.1, 0.15) is 121 Å². The zero-order valence-corrected chi connectivity index (χ0v) is 50.6. The van der Waals surface area contributed by atoms with Crippen LogP contribution in [0.2, 0.25) is 0 Å². The smallest absolute Gasteiger partial charge is 0.407 e. The fraction of sp³-hybridized carbons (Fsp3) is 0.787. The summed E-state index contributed by atoms with van der Waals surface area (Å²) in [5.74, 6) is -5.10. The molecular formula is C61H90N2O21. The van der Waals surface area contributed by atoms with E-state index < -0.39 is 185 Å². The van der Waals surface area contributed by atoms with Crippen LogP contribution in [0.4, 0.5) is 4.79 Å². The number of fused-ring (bicyclic) bond motifs is 4. The van der Waals surface area contributed by atoms with Gasteiger partial charge in [0.25, 0.3) is 0 Å². The molecule has 9 rings (SSSR count). The average Bonchev–Trinajstić information content (AvgIpc) is 2.80. The van der Waals surface area contributed by atoms with Gasteiger partial charge in [-0.25, -0.2) is 9.59 Å². The van der Waals surface area contributed by atoms with E-state index in [2.05, 4.69) is 25.2 Å². The van der Waals surface area contributed by atoms with Crippen molar-refractivity contribution in [3.05, 3.63) is 68.5 Å². The zero-order chi connectivity index (χ0) is 61.2. The molecule has 470 valence electrons. The van der Waals surface area contributed by atoms with Gasteiger partial charge in [0.05, 0.1) is 75.1 Å². The zero-order valence-electron chi connectivity index (χ0n) is 50.6. The molecule has 27 unspecified atom stereocenters. The first kappa shape index (κ1) is 64.3. The minimum Gasteiger partial charge on any atom is -0.511 e. The van der Waals surface area contributed by atoms with Gasteiger partial charge in [0.1, 0.15) is 35.7 Å². The van der Waals surface area contributed by atoms with E-state index >= 15 is 4.79 Å². The number of ether oxygens (including phenoxy) is 11. The number of aliphatic hydroxyl groups excluding tert-OH is 5. The van der Waals surface area contributed by atoms with Crippen molar-refractivity contribution in [2.24, 2.45) is 46.8 Å². The van der Waals surface area contributed by atoms with Crippen LogP contribution in [-0.2, 0) is 61.7 Å². The predicted molar refractivity (Wildman–Crippen MR) is 298 cm³/mol. The number of methoxy groups -OCH3 is 2. The first-order chi connectivity index (χ1) is 39.6. The van der Waals surface area contributed by atoms with E-state index in [1.54, 1.807) is 46.8 Å². The normalized spacial score (nSPS) is 48.1. The second kappa shape index (κ2) is 25.1. The molecule has 0 radical (unpaired) electrons. The van der Waals surface area contributed by atoms with Crippen LogP contribution in [0.25, 0.3) is 0 Å². The van der Waals surface area contributed by atoms with Crippen LogP contribution in [0.5, 0.6) is 0 Å². The molecule has 5 heterocycles. The van der Waals surface area contributed by atoms with Crippen LogP contribution in [-0.4, -0.2) is 185 Å². The number of amides is 1. The fourth-order valence-electron chi connectivity index (χ4n) is 15.8. The molecule has 0 aromatic heterocycles. The largest absolute Gasteiger partial charge is 0.511 e. The van der Waals surface area contributed by atoms with Crippen molar-refractivity contribution in [1.82, 2.24) is 5.32 Å². The number of nitrogens with one attached hydrogen (secondary N) is 1. The number of allylic oxidation sites excluding steroid dienone is 3. The molecule has 84 heavy (non-hydrogen) atoms. The van der Waals surface area contributed by atoms with Crippen LogP contribution >= 0.6 is 0 Å². The summed E-state index contributed by atoms with van der Waals surface area (Å²) in [4.78, 5) is 55.1. The minimum absolute atomic E-state index is 0.00457. The molecule has 0 aromatic rings. The summed E-state index contributed by atoms with van der Waals surface area (Å²) in [7, 11) is 2.67. The Morgan fingerprint density at radius 2 is 1.38 bits per heavy atom. The first-order valence-electron chi connectivity index (χ1n) is 30.0. The fourth-order valence-corrected chi connectivity index (χ4v) is 15.8. The summed E-state index contributed by atoms with van der Waals surface area (Å²) in [5.41, 5.74) is -3.37. The molecule has 6 fully saturated rings. The van der Waals surface area contributed by atoms with Gasteiger partial charge in [-0.05, 0) is 89.2 Å². The van der Waals surface area contributed by atoms with Crippen LogP contribution in [0.3, 0.4) is 0 Å². The van der Waals surface area contributed by atoms with Crippen molar-refractivity contribution in [2.75, 3.05) is 20.8 Å². The highest BCUT2D eigenvalue weighted by atomic mass is 16.7. The number of carbonyl (C=O) groups is 3. The molecule has 27 atom stereocenters. The maximum atomic E-state index is 15.6. The van der Waals surface area contributed by atoms with E-state index in [1.165, 1.54) is 21.1 Å². The van der Waals surface area contributed by atoms with Gasteiger partial charge in [0, 0.05) is 67.8 Å². The van der Waals surface area contributed by atoms with E-state index in [0.29, 0.717) is 17.6 Å². The van der Waals surface area contributed by atoms with Gasteiger partial charge in [-0.15, -0.1) is 0 Å². The number of rotatable bonds is 12. The Balaban J connectivity index is 1.01. The summed E-state index contributed by atoms with van der Waals surface area (Å²) in [6.45, 7) is 19.6. The molecule has 0 aromatic carbocycles. The number of aliphatic hydroxyl groups is 5. The van der Waals surface area contributed by atoms with E-state index in [-0.39, 0.29) is 57.0 Å². The Bertz CT molecular complexity index is 2600. The van der Waals surface area contributed by atoms with Crippen LogP contribution in [0, 0.1) is 57.0 Å². The van der Waals surface area contributed by atoms with Gasteiger partial charge in [-0.2, -0.15) is 0 Å². The number of esters is 1. The lowest BCUT2D eigenvalue weighted by molar-refractivity contribution is -0.584. The molecule has 9 aliphatic rings. The van der Waals surface area contributed by atoms with Gasteiger partial charge >= 0.3 is 12.1 Å². The minimum atomic E-state index is -1.82. The lowest BCUT2D eigenvalue weighted by Gasteiger charge is -2.56. The van der Waals surface area contributed by atoms with E-state index in [0.717, 1.165) is 5.57 Å². The monoisotopic (exact) mass is 1190 g/mol. The highest BCUT2D eigenvalue weighted by molar-refractivity contribution is 6.26. The maximum Gasteiger partial charge on any atom is 0.407 e. The van der Waals surface area contributed by atoms with Crippen molar-refractivity contribution in [3.63, 3.8) is 0 Å². The summed E-state index contributed by atoms with van der Waals surface area (Å²) in [6, 6.07) is -1.08. The van der Waals surface area contributed by atoms with Crippen LogP contribution < -0.4 is 5.32 Å². The number of Topliss-reactive ketones (excluding diaryl/α,β-unsaturated/α-hetero) is 1. The molecule has 1 saturated carbocycles. The number of ketones is 1. The highest BCUT2D eigenvalue weighted by Gasteiger charge is 2.64. The summed E-state index contributed by atoms with van der Waals surface area (Å²) >= 11 is 0. The standard InChI is InChI=1S/C61H90N2O21/c1-27-14-17-42(80-47-25-59(10,63(72)73)54(35(9)79-47)62-58(71)75-13)28(2)19-37-20-36(26-64)31(5)24-61(37)56(69)48(57(70)84-61)55(68)60(11)39(27)16-15-38-49(60)29(3)18-30(4)51(38)82-46-23-43(50(67)32(6)76-46)81-44-22-41(66)53(34(8)78-44)83-45-21-40(65)52(74-12)33(7)77-45/h14-16,19-20,29-35,37-47,49-54,64-68H,17-18,21-26H2,1-13H3,(H,62,71)/b27-14?,28-19?,55-48+. The van der Waals surface area contributed by atoms with Gasteiger partial charge in [0.15, 0.2) is 30.8 Å². The summed E-state index contributed by atoms with van der Waals surface area (Å²) in [5, 5.41) is 72.9. The SMILES string of the molecule is COC(=O)NC1C(C)OC(OC2CC=C(C)C3C=CC4C(OC5CC(OC6CC(O)C(OC7CC(O)C(OC)C(C)O7)C(C)O6)C(O)C(C)O5)C(C)CC(C)C4C3(C)/C(O)=C3\C(=O)OC4(CC(C)C(CO)=CC4C=C2C)C3=O)CC1(C)[N+](=O)[O-]. The third-order valence-corrected chi connectivity index (χ3v) is 20.3. The molecule has 23 nitrogen and oxygen atoms in total. The van der Waals surface area contributed by atoms with Gasteiger partial charge in [-0.3, -0.25) is 14.9 Å². The van der Waals surface area contributed by atoms with E-state index in [9.17, 15) is 45.2 Å². The maximum absolute atomic E-state index is 15.6. The van der Waals surface area contributed by atoms with Gasteiger partial charge < -0.3 is 83.0 Å². The van der Waals surface area contributed by atoms with Gasteiger partial charge in [-0.1, -0.05) is 63.6 Å². The predicted octanol–water partition coefficient (Wildman–Crippen LogP) is 5.57. The number of hydrogen-bond donors (Lipinski definition) is 6. The molecule has 4 aliphatic carbocycles. The van der Waals surface area contributed by atoms with E-state index in [1.807, 2.05) is 32.9 Å². The Labute approximate surface area is 491 Å². The molecule has 2 bridgehead atoms. The van der Waals surface area contributed by atoms with Crippen LogP contribution in [0.15, 0.2) is 58.4 Å². The molecule has 5 aliphatic heterocycles. The second-order valence-corrected chi connectivity index (χ2v) is 25.9. The Morgan fingerprint density at radius 3 is 2.01 bits per heavy atom. The molecular weight excluding hydrogens is 1100 g/mol. The average molecular weight is 1190 g/mol. The second-order valence-electron chi connectivity index (χ2n) is 25.9. The van der Waals surface area contributed by atoms with Crippen molar-refractivity contribution >= 4 is 17.8 Å². The van der Waals surface area contributed by atoms with Crippen molar-refractivity contribution < 1.29 is 96.9 Å². The lowest BCUT2D eigenvalue weighted by atomic mass is 9.49. The lowest BCUT2D eigenvalue weighted by Crippen LogP contribution is -2.65. The molecule has 1 spiro atoms. The summed E-state index contributed by atoms with van der Waals surface area (Å²) < 4.78 is 68.0. The van der Waals surface area contributed by atoms with E-state index in [4.69, 9.17) is 52.1 Å². The van der Waals surface area contributed by atoms with Gasteiger partial charge in [0.2, 0.25) is 11.3 Å². The van der Waals surface area contributed by atoms with Crippen molar-refractivity contribution in [3.8, 4) is 0 Å². The molecule has 1 amide bonds. The van der Waals surface area contributed by atoms with Crippen molar-refractivity contribution in [1.29, 1.82) is 0 Å². The number of nitrogens with zero attached hydrogens (tertiary/aromatic N) is 1. The Hall–Kier alpha value is -4.21. The molecule has 6 N–H and O–H groups in total. The number of nitro groups is 1. The Morgan fingerprint density at radius 1 is 0.762 bits per heavy atom. The topological polar surface area (TPSA) is 309 Å². The molecule has 5 saturated heterocycles. The highest BCUT2D eigenvalue weighted by Crippen LogP contribution is 2.61. The number of hydrogen-bond acceptors (Lipinski definition) is 21. The summed E-state index contributed by atoms with van der Waals surface area (Å²) in [6.07, 6.45) is -3.57. The third-order valence-electron chi connectivity index (χ3n) is 20.3. The van der Waals surface area contributed by atoms with Crippen molar-refractivity contribution in [2.45, 2.75) is 237 Å². The third kappa shape index (κ3) is 11.8. The quantitative estimate of drug-likeness (QED) is 0.0457. The number of alkyl carbamates (subject to hydrolysis) is 1. The Kier molecular flexibility index (Phi) is 19.2.